The number of hydrogen-bond donors (Lipinski definition) is 1. The molecule has 0 spiro atoms. The molecule has 4 heterocycles. The van der Waals surface area contributed by atoms with Crippen LogP contribution in [0.5, 0.6) is 17.2 Å². The largest absolute Gasteiger partial charge is 0.490 e. The van der Waals surface area contributed by atoms with Gasteiger partial charge >= 0.3 is 0 Å². The molecule has 1 atom stereocenters. The average molecular weight is 546 g/mol. The van der Waals surface area contributed by atoms with E-state index < -0.39 is 6.10 Å². The zero-order chi connectivity index (χ0) is 24.5. The van der Waals surface area contributed by atoms with Crippen LogP contribution < -0.4 is 14.2 Å². The molecular formula is C27H32ClN3O7. The van der Waals surface area contributed by atoms with E-state index in [0.717, 1.165) is 42.8 Å². The summed E-state index contributed by atoms with van der Waals surface area (Å²) in [6.07, 6.45) is 2.14. The molecule has 0 radical (unpaired) electrons. The molecule has 2 aliphatic rings. The van der Waals surface area contributed by atoms with Crippen LogP contribution in [0.3, 0.4) is 0 Å². The van der Waals surface area contributed by atoms with E-state index in [2.05, 4.69) is 27.2 Å². The van der Waals surface area contributed by atoms with Crippen molar-refractivity contribution in [3.8, 4) is 28.9 Å². The first kappa shape index (κ1) is 27.7. The predicted molar refractivity (Wildman–Crippen MR) is 142 cm³/mol. The molecule has 0 aliphatic carbocycles. The van der Waals surface area contributed by atoms with Crippen LogP contribution in [0, 0.1) is 0 Å². The van der Waals surface area contributed by atoms with Crippen molar-refractivity contribution < 1.29 is 33.6 Å². The van der Waals surface area contributed by atoms with Gasteiger partial charge in [0.05, 0.1) is 5.39 Å². The molecule has 0 bridgehead atoms. The smallest absolute Gasteiger partial charge is 0.283 e. The van der Waals surface area contributed by atoms with Gasteiger partial charge in [0.25, 0.3) is 5.89 Å². The van der Waals surface area contributed by atoms with Crippen LogP contribution in [0.1, 0.15) is 37.1 Å². The van der Waals surface area contributed by atoms with Gasteiger partial charge in [0.1, 0.15) is 24.0 Å². The zero-order valence-electron chi connectivity index (χ0n) is 21.1. The van der Waals surface area contributed by atoms with Crippen LogP contribution in [0.25, 0.3) is 22.6 Å². The third-order valence-corrected chi connectivity index (χ3v) is 6.86. The summed E-state index contributed by atoms with van der Waals surface area (Å²) in [6, 6.07) is 13.7. The zero-order valence-corrected chi connectivity index (χ0v) is 21.9. The quantitative estimate of drug-likeness (QED) is 0.348. The van der Waals surface area contributed by atoms with E-state index in [1.165, 1.54) is 5.56 Å². The number of benzene rings is 2. The first-order chi connectivity index (χ1) is 17.7. The lowest BCUT2D eigenvalue weighted by molar-refractivity contribution is 0.0599. The monoisotopic (exact) mass is 545 g/mol. The Bertz CT molecular complexity index is 1350. The number of likely N-dealkylation sites (tertiary alicyclic amines) is 1. The maximum Gasteiger partial charge on any atom is 0.283 e. The molecule has 3 N–H and O–H groups in total. The summed E-state index contributed by atoms with van der Waals surface area (Å²) in [5, 5.41) is 19.5. The van der Waals surface area contributed by atoms with Crippen LogP contribution in [-0.4, -0.2) is 64.8 Å². The topological polar surface area (TPSA) is 135 Å². The highest BCUT2D eigenvalue weighted by Crippen LogP contribution is 2.37. The Kier molecular flexibility index (Phi) is 8.78. The van der Waals surface area contributed by atoms with Gasteiger partial charge in [-0.1, -0.05) is 19.1 Å². The van der Waals surface area contributed by atoms with Gasteiger partial charge in [-0.05, 0) is 61.7 Å². The fraction of sp³-hybridized carbons (Fsp3) is 0.407. The molecule has 11 heteroatoms. The van der Waals surface area contributed by atoms with Crippen molar-refractivity contribution in [1.29, 1.82) is 0 Å². The number of aryl methyl sites for hydroxylation is 1. The fourth-order valence-electron chi connectivity index (χ4n) is 4.91. The van der Waals surface area contributed by atoms with Crippen molar-refractivity contribution in [2.24, 2.45) is 0 Å². The van der Waals surface area contributed by atoms with Gasteiger partial charge in [0, 0.05) is 19.0 Å². The highest BCUT2D eigenvalue weighted by Gasteiger charge is 2.24. The standard InChI is InChI=1S/C27H29N3O6.ClH.H2O/c1-2-26-28-29-27(36-26)25-13-20-21(4-3-5-22(20)35-25)32-15-19(31)14-30-10-8-17(9-11-30)18-6-7-23-24(12-18)34-16-33-23;;/h3-7,12-13,17,19,31H,2,8-11,14-16H2,1H3;1H;1H2/t19-;;/m0../s1. The summed E-state index contributed by atoms with van der Waals surface area (Å²) >= 11 is 0. The van der Waals surface area contributed by atoms with Gasteiger partial charge in [-0.2, -0.15) is 0 Å². The third kappa shape index (κ3) is 5.73. The summed E-state index contributed by atoms with van der Waals surface area (Å²) in [4.78, 5) is 2.30. The lowest BCUT2D eigenvalue weighted by Gasteiger charge is -2.33. The predicted octanol–water partition coefficient (Wildman–Crippen LogP) is 3.99. The fourth-order valence-corrected chi connectivity index (χ4v) is 4.91. The second-order valence-corrected chi connectivity index (χ2v) is 9.29. The number of hydrogen-bond acceptors (Lipinski definition) is 9. The maximum absolute atomic E-state index is 10.7. The molecule has 0 amide bonds. The molecule has 0 saturated carbocycles. The highest BCUT2D eigenvalue weighted by atomic mass is 35.5. The van der Waals surface area contributed by atoms with Crippen molar-refractivity contribution in [2.45, 2.75) is 38.2 Å². The second kappa shape index (κ2) is 12.0. The number of aromatic nitrogens is 2. The number of ether oxygens (including phenoxy) is 3. The van der Waals surface area contributed by atoms with Crippen molar-refractivity contribution >= 4 is 23.4 Å². The number of furan rings is 1. The Labute approximate surface area is 226 Å². The van der Waals surface area contributed by atoms with Gasteiger partial charge in [-0.3, -0.25) is 0 Å². The summed E-state index contributed by atoms with van der Waals surface area (Å²) < 4.78 is 28.5. The van der Waals surface area contributed by atoms with Crippen LogP contribution in [0.2, 0.25) is 0 Å². The molecule has 38 heavy (non-hydrogen) atoms. The first-order valence-corrected chi connectivity index (χ1v) is 12.4. The molecule has 1 saturated heterocycles. The van der Waals surface area contributed by atoms with E-state index in [9.17, 15) is 5.11 Å². The molecule has 4 aromatic rings. The number of aliphatic hydroxyl groups excluding tert-OH is 1. The molecule has 204 valence electrons. The number of aliphatic hydroxyl groups is 1. The number of halogens is 1. The summed E-state index contributed by atoms with van der Waals surface area (Å²) in [6.45, 7) is 4.88. The Morgan fingerprint density at radius 2 is 1.87 bits per heavy atom. The number of rotatable bonds is 8. The normalized spacial score (nSPS) is 16.2. The minimum absolute atomic E-state index is 0. The average Bonchev–Trinajstić information content (AvgIpc) is 3.66. The van der Waals surface area contributed by atoms with Gasteiger partial charge in [0.2, 0.25) is 12.7 Å². The Hall–Kier alpha value is -3.31. The van der Waals surface area contributed by atoms with Crippen LogP contribution in [-0.2, 0) is 6.42 Å². The van der Waals surface area contributed by atoms with E-state index in [1.54, 1.807) is 0 Å². The van der Waals surface area contributed by atoms with Gasteiger partial charge in [-0.25, -0.2) is 0 Å². The van der Waals surface area contributed by atoms with Crippen molar-refractivity contribution in [2.75, 3.05) is 33.0 Å². The van der Waals surface area contributed by atoms with Gasteiger partial charge in [-0.15, -0.1) is 22.6 Å². The van der Waals surface area contributed by atoms with Crippen molar-refractivity contribution in [3.05, 3.63) is 53.9 Å². The third-order valence-electron chi connectivity index (χ3n) is 6.86. The van der Waals surface area contributed by atoms with Crippen LogP contribution in [0.15, 0.2) is 51.3 Å². The Morgan fingerprint density at radius 1 is 1.05 bits per heavy atom. The van der Waals surface area contributed by atoms with E-state index in [-0.39, 0.29) is 24.5 Å². The Morgan fingerprint density at radius 3 is 2.66 bits per heavy atom. The minimum Gasteiger partial charge on any atom is -0.490 e. The van der Waals surface area contributed by atoms with E-state index >= 15 is 0 Å². The lowest BCUT2D eigenvalue weighted by atomic mass is 9.89. The highest BCUT2D eigenvalue weighted by molar-refractivity contribution is 5.87. The van der Waals surface area contributed by atoms with Crippen molar-refractivity contribution in [1.82, 2.24) is 15.1 Å². The molecular weight excluding hydrogens is 514 g/mol. The summed E-state index contributed by atoms with van der Waals surface area (Å²) in [5.41, 5.74) is 1.96. The van der Waals surface area contributed by atoms with E-state index in [0.29, 0.717) is 54.6 Å². The number of nitrogens with zero attached hydrogens (tertiary/aromatic N) is 3. The maximum atomic E-state index is 10.7. The lowest BCUT2D eigenvalue weighted by Crippen LogP contribution is -2.40. The second-order valence-electron chi connectivity index (χ2n) is 9.29. The van der Waals surface area contributed by atoms with Crippen molar-refractivity contribution in [3.63, 3.8) is 0 Å². The van der Waals surface area contributed by atoms with Gasteiger partial charge in [0.15, 0.2) is 17.3 Å². The van der Waals surface area contributed by atoms with Crippen LogP contribution in [0.4, 0.5) is 0 Å². The van der Waals surface area contributed by atoms with Crippen LogP contribution >= 0.6 is 12.4 Å². The molecule has 2 aliphatic heterocycles. The van der Waals surface area contributed by atoms with Gasteiger partial charge < -0.3 is 38.5 Å². The number of β-amino-alcohol motifs (C(OH)–C–C–N with tert-alkyl or cyclic N) is 1. The first-order valence-electron chi connectivity index (χ1n) is 12.4. The SMILES string of the molecule is CCc1nnc(-c2cc3c(OC[C@@H](O)CN4CCC(c5ccc6c(c5)OCO6)CC4)cccc3o2)o1.Cl.O. The summed E-state index contributed by atoms with van der Waals surface area (Å²) in [7, 11) is 0. The molecule has 2 aromatic heterocycles. The molecule has 10 nitrogen and oxygen atoms in total. The Balaban J connectivity index is 0.00000168. The molecule has 1 fully saturated rings. The number of piperidine rings is 1. The van der Waals surface area contributed by atoms with E-state index in [1.807, 2.05) is 37.3 Å². The number of fused-ring (bicyclic) bond motifs is 2. The molecule has 6 rings (SSSR count). The molecule has 2 aromatic carbocycles. The van der Waals surface area contributed by atoms with E-state index in [4.69, 9.17) is 23.0 Å². The molecule has 0 unspecified atom stereocenters. The summed E-state index contributed by atoms with van der Waals surface area (Å²) in [5.74, 6) is 4.21. The minimum atomic E-state index is -0.600.